The maximum atomic E-state index is 12.7. The lowest BCUT2D eigenvalue weighted by molar-refractivity contribution is -0.384. The molecule has 0 saturated carbocycles. The lowest BCUT2D eigenvalue weighted by Crippen LogP contribution is -2.70. The number of amides is 1. The highest BCUT2D eigenvalue weighted by Gasteiger charge is 2.58. The van der Waals surface area contributed by atoms with Gasteiger partial charge in [0.05, 0.1) is 27.1 Å². The maximum absolute atomic E-state index is 12.7. The van der Waals surface area contributed by atoms with E-state index in [0.29, 0.717) is 15.6 Å². The fourth-order valence-electron chi connectivity index (χ4n) is 3.28. The van der Waals surface area contributed by atoms with Gasteiger partial charge in [0, 0.05) is 19.2 Å². The summed E-state index contributed by atoms with van der Waals surface area (Å²) in [5.74, 6) is -2.16. The molecule has 13 nitrogen and oxygen atoms in total. The summed E-state index contributed by atoms with van der Waals surface area (Å²) in [6, 6.07) is 5.34. The van der Waals surface area contributed by atoms with E-state index < -0.39 is 39.9 Å². The number of rotatable bonds is 9. The molecule has 2 aromatic rings. The highest BCUT2D eigenvalue weighted by Crippen LogP contribution is 2.43. The number of nitro benzene ring substituents is 1. The number of aliphatic hydroxyl groups is 2. The van der Waals surface area contributed by atoms with Crippen molar-refractivity contribution in [1.29, 1.82) is 0 Å². The van der Waals surface area contributed by atoms with Gasteiger partial charge in [-0.15, -0.1) is 5.10 Å². The van der Waals surface area contributed by atoms with Crippen LogP contribution in [0.4, 0.5) is 5.69 Å². The van der Waals surface area contributed by atoms with E-state index in [2.05, 4.69) is 15.5 Å². The van der Waals surface area contributed by atoms with Gasteiger partial charge in [0.25, 0.3) is 5.69 Å². The summed E-state index contributed by atoms with van der Waals surface area (Å²) >= 11 is 6.43. The number of likely N-dealkylation sites (tertiary alicyclic amines) is 1. The number of aryl methyl sites for hydroxylation is 1. The van der Waals surface area contributed by atoms with Crippen molar-refractivity contribution in [2.45, 2.75) is 44.1 Å². The zero-order valence-electron chi connectivity index (χ0n) is 18.4. The van der Waals surface area contributed by atoms with Crippen LogP contribution >= 0.6 is 24.0 Å². The van der Waals surface area contributed by atoms with Gasteiger partial charge >= 0.3 is 5.97 Å². The summed E-state index contributed by atoms with van der Waals surface area (Å²) < 4.78 is 6.91. The van der Waals surface area contributed by atoms with Crippen molar-refractivity contribution in [3.63, 3.8) is 0 Å². The van der Waals surface area contributed by atoms with Crippen molar-refractivity contribution in [3.8, 4) is 0 Å². The van der Waals surface area contributed by atoms with Crippen molar-refractivity contribution in [2.75, 3.05) is 0 Å². The summed E-state index contributed by atoms with van der Waals surface area (Å²) in [5, 5.41) is 42.0. The van der Waals surface area contributed by atoms with E-state index in [9.17, 15) is 29.9 Å². The molecule has 1 aliphatic rings. The second-order valence-electron chi connectivity index (χ2n) is 8.06. The van der Waals surface area contributed by atoms with E-state index in [-0.39, 0.29) is 18.7 Å². The van der Waals surface area contributed by atoms with Crippen LogP contribution < -0.4 is 0 Å². The number of ether oxygens (including phenoxy) is 1. The Labute approximate surface area is 203 Å². The molecule has 34 heavy (non-hydrogen) atoms. The van der Waals surface area contributed by atoms with E-state index in [1.54, 1.807) is 7.05 Å². The summed E-state index contributed by atoms with van der Waals surface area (Å²) in [6.07, 6.45) is -1.73. The second kappa shape index (κ2) is 10.1. The van der Waals surface area contributed by atoms with E-state index in [4.69, 9.17) is 17.0 Å². The standard InChI is InChI=1S/C19H22N6O7S2/c1-19(2,29)14-15(26)24(17(14)34-13(33)8-12-20-21-22-23(12)3)16(27)18(28)32-9-10-4-6-11(7-5-10)25(30)31/h4-7,14,16-17,27,29H,8-9H2,1-3H3/t14-,16?,17-/m1/s1. The van der Waals surface area contributed by atoms with Crippen LogP contribution in [0.1, 0.15) is 25.2 Å². The molecule has 0 spiro atoms. The number of aromatic nitrogens is 4. The molecule has 1 aromatic heterocycles. The van der Waals surface area contributed by atoms with Crippen LogP contribution in [-0.4, -0.2) is 73.5 Å². The van der Waals surface area contributed by atoms with Crippen LogP contribution in [0.3, 0.4) is 0 Å². The number of aliphatic hydroxyl groups excluding tert-OH is 1. The minimum Gasteiger partial charge on any atom is -0.457 e. The Morgan fingerprint density at radius 2 is 2.03 bits per heavy atom. The molecule has 1 aromatic carbocycles. The number of nitro groups is 1. The van der Waals surface area contributed by atoms with E-state index in [1.807, 2.05) is 0 Å². The van der Waals surface area contributed by atoms with Crippen LogP contribution in [0, 0.1) is 16.0 Å². The van der Waals surface area contributed by atoms with E-state index in [1.165, 1.54) is 42.8 Å². The zero-order chi connectivity index (χ0) is 25.2. The predicted octanol–water partition coefficient (Wildman–Crippen LogP) is 0.339. The monoisotopic (exact) mass is 510 g/mol. The Balaban J connectivity index is 1.67. The highest BCUT2D eigenvalue weighted by molar-refractivity contribution is 8.23. The van der Waals surface area contributed by atoms with Crippen LogP contribution in [0.5, 0.6) is 0 Å². The quantitative estimate of drug-likeness (QED) is 0.156. The van der Waals surface area contributed by atoms with Crippen molar-refractivity contribution in [1.82, 2.24) is 25.1 Å². The molecule has 2 heterocycles. The number of thiocarbonyl (C=S) groups is 1. The van der Waals surface area contributed by atoms with Crippen molar-refractivity contribution in [2.24, 2.45) is 13.0 Å². The molecular formula is C19H22N6O7S2. The molecule has 2 N–H and O–H groups in total. The molecular weight excluding hydrogens is 488 g/mol. The van der Waals surface area contributed by atoms with Crippen LogP contribution in [-0.2, 0) is 34.4 Å². The van der Waals surface area contributed by atoms with Gasteiger partial charge in [0.15, 0.2) is 5.82 Å². The Kier molecular flexibility index (Phi) is 7.60. The molecule has 0 bridgehead atoms. The molecule has 0 radical (unpaired) electrons. The predicted molar refractivity (Wildman–Crippen MR) is 122 cm³/mol. The van der Waals surface area contributed by atoms with Crippen molar-refractivity contribution >= 4 is 45.7 Å². The van der Waals surface area contributed by atoms with Crippen LogP contribution in [0.15, 0.2) is 24.3 Å². The fourth-order valence-corrected chi connectivity index (χ4v) is 5.11. The SMILES string of the molecule is Cn1nnnc1CC(=S)S[C@@H]1[C@H](C(C)(C)O)C(=O)N1C(O)C(=O)OCc1ccc([N+](=O)[O-])cc1. The number of hydrogen-bond acceptors (Lipinski definition) is 12. The van der Waals surface area contributed by atoms with Gasteiger partial charge in [-0.05, 0) is 42.0 Å². The van der Waals surface area contributed by atoms with E-state index in [0.717, 1.165) is 16.7 Å². The molecule has 3 atom stereocenters. The molecule has 1 fully saturated rings. The molecule has 1 amide bonds. The Bertz CT molecular complexity index is 1100. The number of esters is 1. The van der Waals surface area contributed by atoms with Crippen molar-refractivity contribution in [3.05, 3.63) is 45.8 Å². The molecule has 15 heteroatoms. The molecule has 1 aliphatic heterocycles. The Morgan fingerprint density at radius 3 is 2.56 bits per heavy atom. The Morgan fingerprint density at radius 1 is 1.38 bits per heavy atom. The number of tetrazole rings is 1. The molecule has 0 aliphatic carbocycles. The van der Waals surface area contributed by atoms with Gasteiger partial charge in [0.1, 0.15) is 12.0 Å². The highest BCUT2D eigenvalue weighted by atomic mass is 32.2. The summed E-state index contributed by atoms with van der Waals surface area (Å²) in [5.41, 5.74) is -1.10. The topological polar surface area (TPSA) is 174 Å². The van der Waals surface area contributed by atoms with Gasteiger partial charge < -0.3 is 14.9 Å². The average molecular weight is 511 g/mol. The first-order valence-electron chi connectivity index (χ1n) is 9.93. The van der Waals surface area contributed by atoms with E-state index >= 15 is 0 Å². The fraction of sp³-hybridized carbons (Fsp3) is 0.474. The van der Waals surface area contributed by atoms with Gasteiger partial charge in [0.2, 0.25) is 12.1 Å². The lowest BCUT2D eigenvalue weighted by Gasteiger charge is -2.51. The lowest BCUT2D eigenvalue weighted by atomic mass is 9.83. The first-order valence-corrected chi connectivity index (χ1v) is 11.2. The minimum absolute atomic E-state index is 0.119. The smallest absolute Gasteiger partial charge is 0.356 e. The number of hydrogen-bond donors (Lipinski definition) is 2. The third kappa shape index (κ3) is 5.55. The minimum atomic E-state index is -1.93. The second-order valence-corrected chi connectivity index (χ2v) is 10.0. The van der Waals surface area contributed by atoms with Crippen LogP contribution in [0.25, 0.3) is 0 Å². The normalized spacial score (nSPS) is 18.9. The van der Waals surface area contributed by atoms with Gasteiger partial charge in [-0.3, -0.25) is 19.8 Å². The number of β-lactam (4-membered cyclic amide) rings is 1. The largest absolute Gasteiger partial charge is 0.457 e. The molecule has 3 rings (SSSR count). The number of benzene rings is 1. The number of nitrogens with zero attached hydrogens (tertiary/aromatic N) is 6. The van der Waals surface area contributed by atoms with Gasteiger partial charge in [-0.25, -0.2) is 9.48 Å². The van der Waals surface area contributed by atoms with Crippen molar-refractivity contribution < 1.29 is 29.5 Å². The number of non-ortho nitro benzene ring substituents is 1. The first kappa shape index (κ1) is 25.6. The molecule has 182 valence electrons. The van der Waals surface area contributed by atoms with Crippen LogP contribution in [0.2, 0.25) is 0 Å². The number of carbonyl (C=O) groups is 2. The molecule has 1 unspecified atom stereocenters. The summed E-state index contributed by atoms with van der Waals surface area (Å²) in [4.78, 5) is 36.3. The summed E-state index contributed by atoms with van der Waals surface area (Å²) in [6.45, 7) is 2.64. The maximum Gasteiger partial charge on any atom is 0.356 e. The average Bonchev–Trinajstić information content (AvgIpc) is 3.14. The van der Waals surface area contributed by atoms with Gasteiger partial charge in [-0.2, -0.15) is 0 Å². The third-order valence-electron chi connectivity index (χ3n) is 5.11. The zero-order valence-corrected chi connectivity index (χ0v) is 20.0. The third-order valence-corrected chi connectivity index (χ3v) is 6.69. The number of carbonyl (C=O) groups excluding carboxylic acids is 2. The molecule has 1 saturated heterocycles. The number of thioether (sulfide) groups is 1. The Hall–Kier alpha value is -3.01. The first-order chi connectivity index (χ1) is 15.9. The summed E-state index contributed by atoms with van der Waals surface area (Å²) in [7, 11) is 1.64. The van der Waals surface area contributed by atoms with Gasteiger partial charge in [-0.1, -0.05) is 24.0 Å².